The maximum atomic E-state index is 13.1. The first-order valence-corrected chi connectivity index (χ1v) is 8.33. The van der Waals surface area contributed by atoms with Gasteiger partial charge in [0, 0.05) is 12.7 Å². The Hall–Kier alpha value is -3.15. The minimum atomic E-state index is -0.430. The van der Waals surface area contributed by atoms with Crippen molar-refractivity contribution in [3.05, 3.63) is 65.6 Å². The molecule has 0 unspecified atom stereocenters. The Kier molecular flexibility index (Phi) is 5.02. The summed E-state index contributed by atoms with van der Waals surface area (Å²) in [5.41, 5.74) is 1.59. The zero-order valence-electron chi connectivity index (χ0n) is 14.6. The second kappa shape index (κ2) is 7.39. The smallest absolute Gasteiger partial charge is 0.277 e. The van der Waals surface area contributed by atoms with E-state index in [1.54, 1.807) is 24.3 Å². The predicted octanol–water partition coefficient (Wildman–Crippen LogP) is 3.44. The van der Waals surface area contributed by atoms with Crippen LogP contribution in [0.2, 0.25) is 0 Å². The molecule has 2 amide bonds. The number of rotatable bonds is 6. The topological polar surface area (TPSA) is 58.6 Å². The zero-order chi connectivity index (χ0) is 18.7. The van der Waals surface area contributed by atoms with Gasteiger partial charge >= 0.3 is 0 Å². The first-order valence-electron chi connectivity index (χ1n) is 8.33. The summed E-state index contributed by atoms with van der Waals surface area (Å²) in [4.78, 5) is 26.1. The SMILES string of the molecule is CCCOc1ccc(C2=C(Nc3ccc(F)cc3)C(=O)N(C)C2=O)cc1. The van der Waals surface area contributed by atoms with Crippen LogP contribution in [0, 0.1) is 5.82 Å². The number of nitrogens with one attached hydrogen (secondary N) is 1. The second-order valence-corrected chi connectivity index (χ2v) is 5.92. The molecule has 2 aromatic rings. The van der Waals surface area contributed by atoms with Crippen LogP contribution in [0.15, 0.2) is 54.2 Å². The lowest BCUT2D eigenvalue weighted by atomic mass is 10.0. The summed E-state index contributed by atoms with van der Waals surface area (Å²) in [5.74, 6) is -0.491. The number of hydrogen-bond acceptors (Lipinski definition) is 4. The number of benzene rings is 2. The van der Waals surface area contributed by atoms with Crippen LogP contribution in [0.3, 0.4) is 0 Å². The Morgan fingerprint density at radius 3 is 2.27 bits per heavy atom. The Morgan fingerprint density at radius 2 is 1.65 bits per heavy atom. The van der Waals surface area contributed by atoms with E-state index in [-0.39, 0.29) is 23.0 Å². The number of amides is 2. The summed E-state index contributed by atoms with van der Waals surface area (Å²) in [6, 6.07) is 12.6. The van der Waals surface area contributed by atoms with E-state index in [1.165, 1.54) is 31.3 Å². The third kappa shape index (κ3) is 3.44. The molecule has 6 heteroatoms. The minimum Gasteiger partial charge on any atom is -0.494 e. The highest BCUT2D eigenvalue weighted by Gasteiger charge is 2.36. The summed E-state index contributed by atoms with van der Waals surface area (Å²) >= 11 is 0. The van der Waals surface area contributed by atoms with Crippen LogP contribution in [0.5, 0.6) is 5.75 Å². The quantitative estimate of drug-likeness (QED) is 0.808. The molecule has 134 valence electrons. The van der Waals surface area contributed by atoms with Crippen molar-refractivity contribution in [3.8, 4) is 5.75 Å². The summed E-state index contributed by atoms with van der Waals surface area (Å²) in [6.45, 7) is 2.63. The largest absolute Gasteiger partial charge is 0.494 e. The van der Waals surface area contributed by atoms with Crippen molar-refractivity contribution >= 4 is 23.1 Å². The molecule has 0 saturated carbocycles. The van der Waals surface area contributed by atoms with Gasteiger partial charge in [0.25, 0.3) is 11.8 Å². The highest BCUT2D eigenvalue weighted by atomic mass is 19.1. The van der Waals surface area contributed by atoms with E-state index >= 15 is 0 Å². The number of carbonyl (C=O) groups is 2. The number of carbonyl (C=O) groups excluding carboxylic acids is 2. The van der Waals surface area contributed by atoms with Gasteiger partial charge in [-0.05, 0) is 48.4 Å². The van der Waals surface area contributed by atoms with E-state index < -0.39 is 5.91 Å². The molecule has 0 aromatic heterocycles. The van der Waals surface area contributed by atoms with Gasteiger partial charge in [-0.25, -0.2) is 4.39 Å². The van der Waals surface area contributed by atoms with Crippen molar-refractivity contribution < 1.29 is 18.7 Å². The molecule has 0 bridgehead atoms. The Labute approximate surface area is 151 Å². The standard InChI is InChI=1S/C20H19FN2O3/c1-3-12-26-16-10-4-13(5-11-16)17-18(20(25)23(2)19(17)24)22-15-8-6-14(21)7-9-15/h4-11,22H,3,12H2,1-2H3. The molecule has 26 heavy (non-hydrogen) atoms. The number of nitrogens with zero attached hydrogens (tertiary/aromatic N) is 1. The summed E-state index contributed by atoms with van der Waals surface area (Å²) in [5, 5.41) is 2.95. The molecular weight excluding hydrogens is 335 g/mol. The molecule has 0 saturated heterocycles. The summed E-state index contributed by atoms with van der Waals surface area (Å²) in [6.07, 6.45) is 0.899. The van der Waals surface area contributed by atoms with Crippen molar-refractivity contribution in [1.29, 1.82) is 0 Å². The third-order valence-electron chi connectivity index (χ3n) is 4.02. The lowest BCUT2D eigenvalue weighted by Gasteiger charge is -2.09. The van der Waals surface area contributed by atoms with Crippen LogP contribution >= 0.6 is 0 Å². The molecule has 1 aliphatic rings. The fourth-order valence-corrected chi connectivity index (χ4v) is 2.64. The van der Waals surface area contributed by atoms with E-state index in [9.17, 15) is 14.0 Å². The van der Waals surface area contributed by atoms with Gasteiger partial charge in [0.2, 0.25) is 0 Å². The first kappa shape index (κ1) is 17.7. The number of halogens is 1. The van der Waals surface area contributed by atoms with Crippen LogP contribution < -0.4 is 10.1 Å². The van der Waals surface area contributed by atoms with Gasteiger partial charge in [0.15, 0.2) is 0 Å². The number of hydrogen-bond donors (Lipinski definition) is 1. The highest BCUT2D eigenvalue weighted by Crippen LogP contribution is 2.30. The van der Waals surface area contributed by atoms with E-state index in [2.05, 4.69) is 5.32 Å². The number of imide groups is 1. The second-order valence-electron chi connectivity index (χ2n) is 5.92. The number of anilines is 1. The van der Waals surface area contributed by atoms with Crippen molar-refractivity contribution in [2.75, 3.05) is 19.0 Å². The number of ether oxygens (including phenoxy) is 1. The van der Waals surface area contributed by atoms with Gasteiger partial charge < -0.3 is 10.1 Å². The maximum absolute atomic E-state index is 13.1. The van der Waals surface area contributed by atoms with Gasteiger partial charge in [0.1, 0.15) is 17.3 Å². The molecule has 0 aliphatic carbocycles. The Bertz CT molecular complexity index is 858. The third-order valence-corrected chi connectivity index (χ3v) is 4.02. The molecule has 5 nitrogen and oxygen atoms in total. The lowest BCUT2D eigenvalue weighted by Crippen LogP contribution is -2.27. The molecule has 0 atom stereocenters. The fourth-order valence-electron chi connectivity index (χ4n) is 2.64. The van der Waals surface area contributed by atoms with E-state index in [4.69, 9.17) is 4.74 Å². The maximum Gasteiger partial charge on any atom is 0.277 e. The monoisotopic (exact) mass is 354 g/mol. The van der Waals surface area contributed by atoms with Crippen LogP contribution in [0.1, 0.15) is 18.9 Å². The van der Waals surface area contributed by atoms with Gasteiger partial charge in [-0.2, -0.15) is 0 Å². The average Bonchev–Trinajstić information content (AvgIpc) is 2.86. The van der Waals surface area contributed by atoms with Crippen LogP contribution in [-0.2, 0) is 9.59 Å². The minimum absolute atomic E-state index is 0.173. The van der Waals surface area contributed by atoms with Gasteiger partial charge in [-0.1, -0.05) is 19.1 Å². The van der Waals surface area contributed by atoms with Crippen LogP contribution in [0.4, 0.5) is 10.1 Å². The molecule has 1 N–H and O–H groups in total. The predicted molar refractivity (Wildman–Crippen MR) is 96.9 cm³/mol. The fraction of sp³-hybridized carbons (Fsp3) is 0.200. The van der Waals surface area contributed by atoms with Gasteiger partial charge in [0.05, 0.1) is 12.2 Å². The average molecular weight is 354 g/mol. The van der Waals surface area contributed by atoms with Crippen molar-refractivity contribution in [2.24, 2.45) is 0 Å². The van der Waals surface area contributed by atoms with Crippen LogP contribution in [0.25, 0.3) is 5.57 Å². The molecular formula is C20H19FN2O3. The molecule has 1 heterocycles. The molecule has 0 fully saturated rings. The molecule has 0 spiro atoms. The van der Waals surface area contributed by atoms with Crippen molar-refractivity contribution in [3.63, 3.8) is 0 Å². The van der Waals surface area contributed by atoms with Crippen molar-refractivity contribution in [2.45, 2.75) is 13.3 Å². The Balaban J connectivity index is 1.95. The van der Waals surface area contributed by atoms with Crippen molar-refractivity contribution in [1.82, 2.24) is 4.90 Å². The van der Waals surface area contributed by atoms with Gasteiger partial charge in [-0.15, -0.1) is 0 Å². The molecule has 0 radical (unpaired) electrons. The van der Waals surface area contributed by atoms with E-state index in [0.29, 0.717) is 23.6 Å². The van der Waals surface area contributed by atoms with E-state index in [0.717, 1.165) is 11.3 Å². The number of likely N-dealkylation sites (N-methyl/N-ethyl adjacent to an activating group) is 1. The molecule has 3 rings (SSSR count). The molecule has 2 aromatic carbocycles. The zero-order valence-corrected chi connectivity index (χ0v) is 14.6. The summed E-state index contributed by atoms with van der Waals surface area (Å²) < 4.78 is 18.6. The Morgan fingerprint density at radius 1 is 1.00 bits per heavy atom. The lowest BCUT2D eigenvalue weighted by molar-refractivity contribution is -0.135. The van der Waals surface area contributed by atoms with Gasteiger partial charge in [-0.3, -0.25) is 14.5 Å². The first-order chi connectivity index (χ1) is 12.5. The highest BCUT2D eigenvalue weighted by molar-refractivity contribution is 6.36. The van der Waals surface area contributed by atoms with Crippen LogP contribution in [-0.4, -0.2) is 30.4 Å². The summed E-state index contributed by atoms with van der Waals surface area (Å²) in [7, 11) is 1.43. The molecule has 1 aliphatic heterocycles. The van der Waals surface area contributed by atoms with E-state index in [1.807, 2.05) is 6.92 Å². The normalized spacial score (nSPS) is 14.2.